The minimum Gasteiger partial charge on any atom is -0.444 e. The first-order chi connectivity index (χ1) is 7.33. The Kier molecular flexibility index (Phi) is 4.19. The van der Waals surface area contributed by atoms with Crippen LogP contribution in [0.1, 0.15) is 34.1 Å². The van der Waals surface area contributed by atoms with Gasteiger partial charge in [-0.1, -0.05) is 6.92 Å². The van der Waals surface area contributed by atoms with Gasteiger partial charge in [0.05, 0.1) is 0 Å². The fourth-order valence-electron chi connectivity index (χ4n) is 2.04. The van der Waals surface area contributed by atoms with Crippen LogP contribution in [0, 0.1) is 11.8 Å². The van der Waals surface area contributed by atoms with E-state index in [0.717, 1.165) is 19.5 Å². The number of nitrogens with two attached hydrogens (primary N) is 1. The topological polar surface area (TPSA) is 55.6 Å². The summed E-state index contributed by atoms with van der Waals surface area (Å²) in [6, 6.07) is 0. The normalized spacial score (nSPS) is 26.7. The highest BCUT2D eigenvalue weighted by atomic mass is 16.6. The van der Waals surface area contributed by atoms with E-state index in [0.29, 0.717) is 18.4 Å². The van der Waals surface area contributed by atoms with Crippen LogP contribution in [-0.4, -0.2) is 36.2 Å². The lowest BCUT2D eigenvalue weighted by atomic mass is 9.87. The Morgan fingerprint density at radius 2 is 2.12 bits per heavy atom. The predicted octanol–water partition coefficient (Wildman–Crippen LogP) is 1.84. The number of hydrogen-bond acceptors (Lipinski definition) is 3. The molecule has 0 aromatic rings. The number of likely N-dealkylation sites (tertiary alicyclic amines) is 1. The molecular formula is C12H24N2O2. The van der Waals surface area contributed by atoms with Crippen LogP contribution in [0.2, 0.25) is 0 Å². The number of carbonyl (C=O) groups excluding carboxylic acids is 1. The highest BCUT2D eigenvalue weighted by Gasteiger charge is 2.30. The fourth-order valence-corrected chi connectivity index (χ4v) is 2.04. The number of rotatable bonds is 1. The zero-order chi connectivity index (χ0) is 12.3. The van der Waals surface area contributed by atoms with Crippen LogP contribution in [0.25, 0.3) is 0 Å². The smallest absolute Gasteiger partial charge is 0.410 e. The molecule has 0 spiro atoms. The molecular weight excluding hydrogens is 204 g/mol. The molecule has 1 aliphatic rings. The van der Waals surface area contributed by atoms with Crippen molar-refractivity contribution in [2.24, 2.45) is 17.6 Å². The standard InChI is InChI=1S/C12H24N2O2/c1-9-8-14(6-5-10(9)7-13)11(15)16-12(2,3)4/h9-10H,5-8,13H2,1-4H3/t9-,10-/m1/s1. The molecule has 0 bridgehead atoms. The number of piperidine rings is 1. The average molecular weight is 228 g/mol. The summed E-state index contributed by atoms with van der Waals surface area (Å²) in [7, 11) is 0. The molecule has 0 radical (unpaired) electrons. The molecule has 1 amide bonds. The van der Waals surface area contributed by atoms with Crippen molar-refractivity contribution in [2.75, 3.05) is 19.6 Å². The highest BCUT2D eigenvalue weighted by Crippen LogP contribution is 2.23. The minimum atomic E-state index is -0.412. The van der Waals surface area contributed by atoms with E-state index in [4.69, 9.17) is 10.5 Å². The molecule has 1 fully saturated rings. The second-order valence-corrected chi connectivity index (χ2v) is 5.69. The van der Waals surface area contributed by atoms with E-state index in [1.807, 2.05) is 20.8 Å². The molecule has 1 aliphatic heterocycles. The first-order valence-corrected chi connectivity index (χ1v) is 6.01. The molecule has 2 N–H and O–H groups in total. The molecule has 1 rings (SSSR count). The van der Waals surface area contributed by atoms with E-state index in [1.165, 1.54) is 0 Å². The third-order valence-electron chi connectivity index (χ3n) is 3.04. The third kappa shape index (κ3) is 3.67. The Morgan fingerprint density at radius 1 is 1.50 bits per heavy atom. The monoisotopic (exact) mass is 228 g/mol. The van der Waals surface area contributed by atoms with Crippen molar-refractivity contribution in [1.82, 2.24) is 4.90 Å². The largest absolute Gasteiger partial charge is 0.444 e. The molecule has 2 atom stereocenters. The minimum absolute atomic E-state index is 0.199. The van der Waals surface area contributed by atoms with Gasteiger partial charge in [-0.2, -0.15) is 0 Å². The van der Waals surface area contributed by atoms with Gasteiger partial charge in [0.15, 0.2) is 0 Å². The van der Waals surface area contributed by atoms with Gasteiger partial charge in [-0.25, -0.2) is 4.79 Å². The highest BCUT2D eigenvalue weighted by molar-refractivity contribution is 5.68. The van der Waals surface area contributed by atoms with Crippen molar-refractivity contribution in [3.05, 3.63) is 0 Å². The van der Waals surface area contributed by atoms with E-state index >= 15 is 0 Å². The van der Waals surface area contributed by atoms with Crippen LogP contribution in [0.3, 0.4) is 0 Å². The summed E-state index contributed by atoms with van der Waals surface area (Å²) in [5, 5.41) is 0. The van der Waals surface area contributed by atoms with Gasteiger partial charge in [-0.05, 0) is 45.6 Å². The average Bonchev–Trinajstić information content (AvgIpc) is 2.15. The molecule has 4 heteroatoms. The maximum absolute atomic E-state index is 11.8. The number of amides is 1. The summed E-state index contributed by atoms with van der Waals surface area (Å²) >= 11 is 0. The molecule has 0 aromatic carbocycles. The van der Waals surface area contributed by atoms with Gasteiger partial charge in [0, 0.05) is 13.1 Å². The number of hydrogen-bond donors (Lipinski definition) is 1. The number of nitrogens with zero attached hydrogens (tertiary/aromatic N) is 1. The summed E-state index contributed by atoms with van der Waals surface area (Å²) in [4.78, 5) is 13.6. The van der Waals surface area contributed by atoms with Gasteiger partial charge in [-0.15, -0.1) is 0 Å². The molecule has 0 aromatic heterocycles. The van der Waals surface area contributed by atoms with Crippen LogP contribution < -0.4 is 5.73 Å². The van der Waals surface area contributed by atoms with Crippen LogP contribution in [0.4, 0.5) is 4.79 Å². The predicted molar refractivity (Wildman–Crippen MR) is 64.1 cm³/mol. The molecule has 4 nitrogen and oxygen atoms in total. The lowest BCUT2D eigenvalue weighted by molar-refractivity contribution is 0.0122. The van der Waals surface area contributed by atoms with Crippen molar-refractivity contribution in [2.45, 2.75) is 39.7 Å². The maximum atomic E-state index is 11.8. The third-order valence-corrected chi connectivity index (χ3v) is 3.04. The fraction of sp³-hybridized carbons (Fsp3) is 0.917. The first kappa shape index (κ1) is 13.3. The van der Waals surface area contributed by atoms with Crippen LogP contribution in [-0.2, 0) is 4.74 Å². The number of ether oxygens (including phenoxy) is 1. The van der Waals surface area contributed by atoms with Crippen LogP contribution >= 0.6 is 0 Å². The van der Waals surface area contributed by atoms with Crippen molar-refractivity contribution in [3.8, 4) is 0 Å². The SMILES string of the molecule is C[C@@H]1CN(C(=O)OC(C)(C)C)CC[C@@H]1CN. The summed E-state index contributed by atoms with van der Waals surface area (Å²) in [5.41, 5.74) is 5.27. The molecule has 94 valence electrons. The van der Waals surface area contributed by atoms with Gasteiger partial charge in [0.25, 0.3) is 0 Å². The zero-order valence-corrected chi connectivity index (χ0v) is 10.8. The summed E-state index contributed by atoms with van der Waals surface area (Å²) in [6.07, 6.45) is 0.784. The molecule has 0 aliphatic carbocycles. The quantitative estimate of drug-likeness (QED) is 0.745. The van der Waals surface area contributed by atoms with Crippen molar-refractivity contribution >= 4 is 6.09 Å². The van der Waals surface area contributed by atoms with Crippen molar-refractivity contribution in [1.29, 1.82) is 0 Å². The molecule has 16 heavy (non-hydrogen) atoms. The summed E-state index contributed by atoms with van der Waals surface area (Å²) in [5.74, 6) is 1.00. The van der Waals surface area contributed by atoms with Gasteiger partial charge >= 0.3 is 6.09 Å². The number of carbonyl (C=O) groups is 1. The Hall–Kier alpha value is -0.770. The van der Waals surface area contributed by atoms with Gasteiger partial charge in [-0.3, -0.25) is 0 Å². The Labute approximate surface area is 98.1 Å². The van der Waals surface area contributed by atoms with Gasteiger partial charge in [0.1, 0.15) is 5.60 Å². The second kappa shape index (κ2) is 5.04. The summed E-state index contributed by atoms with van der Waals surface area (Å²) in [6.45, 7) is 10.1. The van der Waals surface area contributed by atoms with E-state index < -0.39 is 5.60 Å². The first-order valence-electron chi connectivity index (χ1n) is 6.01. The Balaban J connectivity index is 2.48. The van der Waals surface area contributed by atoms with Gasteiger partial charge in [0.2, 0.25) is 0 Å². The molecule has 1 heterocycles. The lowest BCUT2D eigenvalue weighted by Gasteiger charge is -2.37. The van der Waals surface area contributed by atoms with Gasteiger partial charge < -0.3 is 15.4 Å². The molecule has 0 saturated carbocycles. The van der Waals surface area contributed by atoms with E-state index in [2.05, 4.69) is 6.92 Å². The summed E-state index contributed by atoms with van der Waals surface area (Å²) < 4.78 is 5.35. The molecule has 1 saturated heterocycles. The van der Waals surface area contributed by atoms with E-state index in [9.17, 15) is 4.79 Å². The Bertz CT molecular complexity index is 248. The molecule has 0 unspecified atom stereocenters. The Morgan fingerprint density at radius 3 is 2.56 bits per heavy atom. The second-order valence-electron chi connectivity index (χ2n) is 5.69. The maximum Gasteiger partial charge on any atom is 0.410 e. The van der Waals surface area contributed by atoms with Crippen molar-refractivity contribution < 1.29 is 9.53 Å². The van der Waals surface area contributed by atoms with E-state index in [1.54, 1.807) is 4.90 Å². The van der Waals surface area contributed by atoms with Crippen LogP contribution in [0.15, 0.2) is 0 Å². The van der Waals surface area contributed by atoms with Crippen LogP contribution in [0.5, 0.6) is 0 Å². The van der Waals surface area contributed by atoms with E-state index in [-0.39, 0.29) is 6.09 Å². The zero-order valence-electron chi connectivity index (χ0n) is 10.8. The van der Waals surface area contributed by atoms with Crippen molar-refractivity contribution in [3.63, 3.8) is 0 Å². The lowest BCUT2D eigenvalue weighted by Crippen LogP contribution is -2.46.